The number of nitrogens with zero attached hydrogens (tertiary/aromatic N) is 3. The van der Waals surface area contributed by atoms with Crippen molar-refractivity contribution >= 4 is 11.6 Å². The van der Waals surface area contributed by atoms with E-state index >= 15 is 0 Å². The zero-order chi connectivity index (χ0) is 19.9. The number of aromatic nitrogens is 2. The molecule has 2 aromatic rings. The second kappa shape index (κ2) is 9.63. The van der Waals surface area contributed by atoms with Gasteiger partial charge in [0.1, 0.15) is 31.0 Å². The number of nitrogens with one attached hydrogen (secondary N) is 1. The molecule has 0 saturated carbocycles. The second-order valence-electron chi connectivity index (χ2n) is 6.92. The van der Waals surface area contributed by atoms with Crippen LogP contribution in [0.25, 0.3) is 0 Å². The predicted octanol–water partition coefficient (Wildman–Crippen LogP) is 1.27. The first-order valence-corrected chi connectivity index (χ1v) is 9.39. The molecule has 2 unspecified atom stereocenters. The lowest BCUT2D eigenvalue weighted by Crippen LogP contribution is -2.41. The van der Waals surface area contributed by atoms with Crippen LogP contribution in [0.1, 0.15) is 30.9 Å². The van der Waals surface area contributed by atoms with Gasteiger partial charge in [0.25, 0.3) is 5.88 Å². The van der Waals surface area contributed by atoms with Crippen LogP contribution in [0.5, 0.6) is 5.88 Å². The van der Waals surface area contributed by atoms with Crippen molar-refractivity contribution in [2.45, 2.75) is 37.6 Å². The van der Waals surface area contributed by atoms with Crippen LogP contribution in [-0.2, 0) is 9.53 Å². The van der Waals surface area contributed by atoms with E-state index < -0.39 is 0 Å². The van der Waals surface area contributed by atoms with Crippen LogP contribution in [0.2, 0.25) is 0 Å². The Hall–Kier alpha value is -2.49. The highest BCUT2D eigenvalue weighted by Gasteiger charge is 2.42. The van der Waals surface area contributed by atoms with E-state index in [2.05, 4.69) is 15.5 Å². The molecule has 1 aliphatic rings. The van der Waals surface area contributed by atoms with E-state index in [1.54, 1.807) is 12.3 Å². The van der Waals surface area contributed by atoms with Gasteiger partial charge in [0.05, 0.1) is 6.04 Å². The number of hydrogen-bond acceptors (Lipinski definition) is 9. The Balaban J connectivity index is 1.54. The molecule has 0 aliphatic carbocycles. The topological polar surface area (TPSA) is 119 Å². The van der Waals surface area contributed by atoms with Gasteiger partial charge in [-0.3, -0.25) is 10.1 Å². The first-order chi connectivity index (χ1) is 13.6. The molecule has 1 aliphatic heterocycles. The van der Waals surface area contributed by atoms with E-state index in [1.165, 1.54) is 6.26 Å². The molecule has 152 valence electrons. The molecular formula is C19H27N5O4. The molecule has 2 aromatic heterocycles. The van der Waals surface area contributed by atoms with Gasteiger partial charge in [-0.1, -0.05) is 12.5 Å². The number of unbranched alkanes of at least 4 members (excludes halogenated alkanes) is 1. The van der Waals surface area contributed by atoms with Crippen molar-refractivity contribution in [3.05, 3.63) is 36.2 Å². The Bertz CT molecular complexity index is 735. The monoisotopic (exact) mass is 389 g/mol. The van der Waals surface area contributed by atoms with Crippen molar-refractivity contribution in [3.8, 4) is 5.88 Å². The summed E-state index contributed by atoms with van der Waals surface area (Å²) in [6, 6.07) is 5.13. The predicted molar refractivity (Wildman–Crippen MR) is 103 cm³/mol. The van der Waals surface area contributed by atoms with Gasteiger partial charge in [-0.15, -0.1) is 0 Å². The van der Waals surface area contributed by atoms with E-state index in [9.17, 15) is 4.79 Å². The highest BCUT2D eigenvalue weighted by atomic mass is 16.6. The van der Waals surface area contributed by atoms with E-state index in [4.69, 9.17) is 19.7 Å². The maximum absolute atomic E-state index is 12.6. The SMILES string of the molecule is CN(C)c1ccc(C2OC2N[C@@H](CCCCN)C(=O)COc2ccon2)cn1. The van der Waals surface area contributed by atoms with Crippen molar-refractivity contribution in [2.24, 2.45) is 5.73 Å². The molecule has 0 amide bonds. The highest BCUT2D eigenvalue weighted by Crippen LogP contribution is 2.37. The summed E-state index contributed by atoms with van der Waals surface area (Å²) in [5.41, 5.74) is 6.56. The summed E-state index contributed by atoms with van der Waals surface area (Å²) in [7, 11) is 3.89. The third-order valence-electron chi connectivity index (χ3n) is 4.53. The Kier molecular flexibility index (Phi) is 6.96. The van der Waals surface area contributed by atoms with Crippen molar-refractivity contribution in [2.75, 3.05) is 32.1 Å². The molecule has 28 heavy (non-hydrogen) atoms. The summed E-state index contributed by atoms with van der Waals surface area (Å²) in [4.78, 5) is 19.0. The smallest absolute Gasteiger partial charge is 0.254 e. The van der Waals surface area contributed by atoms with Crippen LogP contribution >= 0.6 is 0 Å². The van der Waals surface area contributed by atoms with Gasteiger partial charge in [0.15, 0.2) is 5.78 Å². The number of pyridine rings is 1. The lowest BCUT2D eigenvalue weighted by molar-refractivity contribution is -0.123. The fraction of sp³-hybridized carbons (Fsp3) is 0.526. The number of ketones is 1. The minimum atomic E-state index is -0.373. The zero-order valence-corrected chi connectivity index (χ0v) is 16.2. The molecule has 3 N–H and O–H groups in total. The van der Waals surface area contributed by atoms with Gasteiger partial charge in [0.2, 0.25) is 0 Å². The average molecular weight is 389 g/mol. The summed E-state index contributed by atoms with van der Waals surface area (Å²) in [6.07, 6.45) is 5.26. The quantitative estimate of drug-likeness (QED) is 0.408. The molecule has 3 heterocycles. The molecule has 0 aromatic carbocycles. The maximum Gasteiger partial charge on any atom is 0.254 e. The van der Waals surface area contributed by atoms with Crippen LogP contribution in [0.4, 0.5) is 5.82 Å². The number of ether oxygens (including phenoxy) is 2. The standard InChI is InChI=1S/C19H27N5O4/c1-24(2)16-7-6-13(11-21-16)18-19(28-18)22-14(5-3-4-9-20)15(25)12-26-17-8-10-27-23-17/h6-8,10-11,14,18-19,22H,3-5,9,12,20H2,1-2H3/t14-,18?,19?/m0/s1. The Labute approximate surface area is 164 Å². The van der Waals surface area contributed by atoms with Crippen LogP contribution < -0.4 is 20.7 Å². The highest BCUT2D eigenvalue weighted by molar-refractivity contribution is 5.85. The second-order valence-corrected chi connectivity index (χ2v) is 6.92. The number of carbonyl (C=O) groups excluding carboxylic acids is 1. The molecule has 9 nitrogen and oxygen atoms in total. The average Bonchev–Trinajstić information content (AvgIpc) is 3.26. The minimum absolute atomic E-state index is 0.0599. The van der Waals surface area contributed by atoms with Crippen molar-refractivity contribution in [1.82, 2.24) is 15.5 Å². The fourth-order valence-electron chi connectivity index (χ4n) is 2.87. The van der Waals surface area contributed by atoms with Crippen molar-refractivity contribution < 1.29 is 18.8 Å². The third-order valence-corrected chi connectivity index (χ3v) is 4.53. The lowest BCUT2D eigenvalue weighted by atomic mass is 10.0. The Morgan fingerprint density at radius 2 is 2.21 bits per heavy atom. The summed E-state index contributed by atoms with van der Waals surface area (Å²) in [5.74, 6) is 1.12. The maximum atomic E-state index is 12.6. The third kappa shape index (κ3) is 5.51. The minimum Gasteiger partial charge on any atom is -0.467 e. The van der Waals surface area contributed by atoms with Gasteiger partial charge >= 0.3 is 0 Å². The van der Waals surface area contributed by atoms with Gasteiger partial charge in [-0.05, 0) is 30.6 Å². The molecular weight excluding hydrogens is 362 g/mol. The molecule has 1 fully saturated rings. The van der Waals surface area contributed by atoms with Gasteiger partial charge in [-0.2, -0.15) is 0 Å². The van der Waals surface area contributed by atoms with Gasteiger partial charge in [-0.25, -0.2) is 4.98 Å². The van der Waals surface area contributed by atoms with Crippen LogP contribution in [0.15, 0.2) is 35.2 Å². The van der Waals surface area contributed by atoms with E-state index in [1.807, 2.05) is 31.1 Å². The molecule has 9 heteroatoms. The Morgan fingerprint density at radius 3 is 2.86 bits per heavy atom. The molecule has 1 saturated heterocycles. The van der Waals surface area contributed by atoms with Gasteiger partial charge in [0, 0.05) is 31.9 Å². The Morgan fingerprint density at radius 1 is 1.36 bits per heavy atom. The van der Waals surface area contributed by atoms with Gasteiger partial charge < -0.3 is 24.6 Å². The lowest BCUT2D eigenvalue weighted by Gasteiger charge is -2.16. The molecule has 3 atom stereocenters. The number of carbonyl (C=O) groups is 1. The molecule has 0 spiro atoms. The normalized spacial score (nSPS) is 19.2. The fourth-order valence-corrected chi connectivity index (χ4v) is 2.87. The number of hydrogen-bond donors (Lipinski definition) is 2. The zero-order valence-electron chi connectivity index (χ0n) is 16.2. The van der Waals surface area contributed by atoms with E-state index in [-0.39, 0.29) is 30.8 Å². The summed E-state index contributed by atoms with van der Waals surface area (Å²) in [6.45, 7) is 0.520. The summed E-state index contributed by atoms with van der Waals surface area (Å²) < 4.78 is 15.8. The van der Waals surface area contributed by atoms with Crippen molar-refractivity contribution in [3.63, 3.8) is 0 Å². The largest absolute Gasteiger partial charge is 0.467 e. The number of anilines is 1. The summed E-state index contributed by atoms with van der Waals surface area (Å²) >= 11 is 0. The number of Topliss-reactive ketones (excluding diaryl/α,β-unsaturated/α-hetero) is 1. The van der Waals surface area contributed by atoms with Crippen molar-refractivity contribution in [1.29, 1.82) is 0 Å². The number of epoxide rings is 1. The first kappa shape index (κ1) is 20.2. The van der Waals surface area contributed by atoms with E-state index in [0.29, 0.717) is 18.8 Å². The molecule has 0 bridgehead atoms. The van der Waals surface area contributed by atoms with Crippen LogP contribution in [0.3, 0.4) is 0 Å². The number of rotatable bonds is 12. The first-order valence-electron chi connectivity index (χ1n) is 9.39. The van der Waals surface area contributed by atoms with Crippen LogP contribution in [-0.4, -0.2) is 55.4 Å². The van der Waals surface area contributed by atoms with Crippen LogP contribution in [0, 0.1) is 0 Å². The number of nitrogens with two attached hydrogens (primary N) is 1. The molecule has 3 rings (SSSR count). The molecule has 0 radical (unpaired) electrons. The van der Waals surface area contributed by atoms with E-state index in [0.717, 1.165) is 24.2 Å². The summed E-state index contributed by atoms with van der Waals surface area (Å²) in [5, 5.41) is 6.94.